The molecule has 0 aromatic carbocycles. The van der Waals surface area contributed by atoms with Crippen molar-refractivity contribution in [2.24, 2.45) is 0 Å². The number of anilines is 1. The Morgan fingerprint density at radius 3 is 2.56 bits per heavy atom. The van der Waals surface area contributed by atoms with Crippen LogP contribution in [0.3, 0.4) is 0 Å². The number of hydrogen-bond acceptors (Lipinski definition) is 7. The zero-order valence-corrected chi connectivity index (χ0v) is 13.4. The fraction of sp³-hybridized carbons (Fsp3) is 0.235. The molecule has 0 radical (unpaired) electrons. The number of aromatic nitrogens is 4. The molecule has 0 bridgehead atoms. The van der Waals surface area contributed by atoms with Crippen LogP contribution < -0.4 is 4.90 Å². The SMILES string of the molecule is O=C(c1cc(-c2cccnc2)on1)N1CCN(c2ncccn2)CC1. The van der Waals surface area contributed by atoms with E-state index in [1.54, 1.807) is 41.8 Å². The van der Waals surface area contributed by atoms with Gasteiger partial charge in [-0.2, -0.15) is 0 Å². The molecule has 3 aromatic rings. The van der Waals surface area contributed by atoms with Crippen molar-refractivity contribution < 1.29 is 9.32 Å². The van der Waals surface area contributed by atoms with Crippen LogP contribution in [-0.4, -0.2) is 57.1 Å². The first-order valence-electron chi connectivity index (χ1n) is 7.99. The molecule has 0 saturated carbocycles. The third kappa shape index (κ3) is 3.18. The summed E-state index contributed by atoms with van der Waals surface area (Å²) in [4.78, 5) is 29.0. The zero-order valence-electron chi connectivity index (χ0n) is 13.4. The van der Waals surface area contributed by atoms with E-state index < -0.39 is 0 Å². The Balaban J connectivity index is 1.42. The van der Waals surface area contributed by atoms with E-state index in [1.807, 2.05) is 12.1 Å². The van der Waals surface area contributed by atoms with Gasteiger partial charge in [0.2, 0.25) is 5.95 Å². The monoisotopic (exact) mass is 336 g/mol. The minimum Gasteiger partial charge on any atom is -0.355 e. The van der Waals surface area contributed by atoms with Crippen LogP contribution in [0, 0.1) is 0 Å². The van der Waals surface area contributed by atoms with E-state index in [0.717, 1.165) is 5.56 Å². The van der Waals surface area contributed by atoms with Gasteiger partial charge in [0.25, 0.3) is 5.91 Å². The maximum atomic E-state index is 12.6. The maximum absolute atomic E-state index is 12.6. The summed E-state index contributed by atoms with van der Waals surface area (Å²) in [6.07, 6.45) is 6.79. The minimum absolute atomic E-state index is 0.132. The summed E-state index contributed by atoms with van der Waals surface area (Å²) in [7, 11) is 0. The number of amides is 1. The summed E-state index contributed by atoms with van der Waals surface area (Å²) < 4.78 is 5.29. The molecule has 4 rings (SSSR count). The second-order valence-corrected chi connectivity index (χ2v) is 5.65. The molecule has 1 fully saturated rings. The number of pyridine rings is 1. The highest BCUT2D eigenvalue weighted by atomic mass is 16.5. The Kier molecular flexibility index (Phi) is 4.07. The number of carbonyl (C=O) groups is 1. The van der Waals surface area contributed by atoms with E-state index in [4.69, 9.17) is 4.52 Å². The van der Waals surface area contributed by atoms with Crippen LogP contribution in [-0.2, 0) is 0 Å². The van der Waals surface area contributed by atoms with Gasteiger partial charge in [-0.25, -0.2) is 9.97 Å². The highest BCUT2D eigenvalue weighted by Crippen LogP contribution is 2.20. The number of carbonyl (C=O) groups excluding carboxylic acids is 1. The first kappa shape index (κ1) is 15.3. The molecule has 8 nitrogen and oxygen atoms in total. The van der Waals surface area contributed by atoms with E-state index in [1.165, 1.54) is 0 Å². The molecular weight excluding hydrogens is 320 g/mol. The lowest BCUT2D eigenvalue weighted by atomic mass is 10.2. The fourth-order valence-electron chi connectivity index (χ4n) is 2.75. The Hall–Kier alpha value is -3.29. The molecule has 4 heterocycles. The number of hydrogen-bond donors (Lipinski definition) is 0. The number of nitrogens with zero attached hydrogens (tertiary/aromatic N) is 6. The van der Waals surface area contributed by atoms with E-state index >= 15 is 0 Å². The van der Waals surface area contributed by atoms with E-state index in [-0.39, 0.29) is 5.91 Å². The van der Waals surface area contributed by atoms with Crippen molar-refractivity contribution in [1.29, 1.82) is 0 Å². The highest BCUT2D eigenvalue weighted by Gasteiger charge is 2.25. The van der Waals surface area contributed by atoms with Crippen LogP contribution in [0.25, 0.3) is 11.3 Å². The lowest BCUT2D eigenvalue weighted by Gasteiger charge is -2.34. The van der Waals surface area contributed by atoms with Gasteiger partial charge in [0.1, 0.15) is 0 Å². The van der Waals surface area contributed by atoms with Gasteiger partial charge in [-0.05, 0) is 18.2 Å². The van der Waals surface area contributed by atoms with Crippen LogP contribution in [0.5, 0.6) is 0 Å². The summed E-state index contributed by atoms with van der Waals surface area (Å²) >= 11 is 0. The molecule has 0 spiro atoms. The molecule has 126 valence electrons. The predicted octanol–water partition coefficient (Wildman–Crippen LogP) is 1.49. The normalized spacial score (nSPS) is 14.6. The second kappa shape index (κ2) is 6.68. The van der Waals surface area contributed by atoms with Gasteiger partial charge < -0.3 is 14.3 Å². The molecule has 0 atom stereocenters. The summed E-state index contributed by atoms with van der Waals surface area (Å²) in [5, 5.41) is 3.91. The average molecular weight is 336 g/mol. The Bertz CT molecular complexity index is 844. The van der Waals surface area contributed by atoms with E-state index in [0.29, 0.717) is 43.6 Å². The van der Waals surface area contributed by atoms with Crippen LogP contribution in [0.1, 0.15) is 10.5 Å². The second-order valence-electron chi connectivity index (χ2n) is 5.65. The topological polar surface area (TPSA) is 88.3 Å². The van der Waals surface area contributed by atoms with Crippen molar-refractivity contribution in [2.45, 2.75) is 0 Å². The number of piperazine rings is 1. The molecule has 0 N–H and O–H groups in total. The van der Waals surface area contributed by atoms with Crippen LogP contribution in [0.4, 0.5) is 5.95 Å². The van der Waals surface area contributed by atoms with Crippen LogP contribution in [0.2, 0.25) is 0 Å². The average Bonchev–Trinajstić information content (AvgIpc) is 3.19. The van der Waals surface area contributed by atoms with E-state index in [2.05, 4.69) is 25.0 Å². The Morgan fingerprint density at radius 1 is 1.04 bits per heavy atom. The van der Waals surface area contributed by atoms with Gasteiger partial charge >= 0.3 is 0 Å². The molecule has 1 aliphatic heterocycles. The predicted molar refractivity (Wildman–Crippen MR) is 89.9 cm³/mol. The fourth-order valence-corrected chi connectivity index (χ4v) is 2.75. The van der Waals surface area contributed by atoms with Crippen molar-refractivity contribution in [3.8, 4) is 11.3 Å². The van der Waals surface area contributed by atoms with Crippen molar-refractivity contribution in [2.75, 3.05) is 31.1 Å². The van der Waals surface area contributed by atoms with Gasteiger partial charge in [-0.15, -0.1) is 0 Å². The third-order valence-electron chi connectivity index (χ3n) is 4.08. The molecule has 0 unspecified atom stereocenters. The molecule has 3 aromatic heterocycles. The third-order valence-corrected chi connectivity index (χ3v) is 4.08. The van der Waals surface area contributed by atoms with Gasteiger partial charge in [0, 0.05) is 62.6 Å². The maximum Gasteiger partial charge on any atom is 0.276 e. The standard InChI is InChI=1S/C17H16N6O2/c24-16(14-11-15(25-21-14)13-3-1-4-18-12-13)22-7-9-23(10-8-22)17-19-5-2-6-20-17/h1-6,11-12H,7-10H2. The molecule has 8 heteroatoms. The lowest BCUT2D eigenvalue weighted by Crippen LogP contribution is -2.49. The lowest BCUT2D eigenvalue weighted by molar-refractivity contribution is 0.0736. The van der Waals surface area contributed by atoms with Gasteiger partial charge in [-0.1, -0.05) is 5.16 Å². The number of rotatable bonds is 3. The quantitative estimate of drug-likeness (QED) is 0.716. The summed E-state index contributed by atoms with van der Waals surface area (Å²) in [6, 6.07) is 7.12. The summed E-state index contributed by atoms with van der Waals surface area (Å²) in [5.41, 5.74) is 1.10. The Labute approximate surface area is 144 Å². The summed E-state index contributed by atoms with van der Waals surface area (Å²) in [6.45, 7) is 2.55. The van der Waals surface area contributed by atoms with Crippen LogP contribution in [0.15, 0.2) is 53.6 Å². The van der Waals surface area contributed by atoms with Crippen molar-refractivity contribution in [1.82, 2.24) is 25.0 Å². The molecule has 0 aliphatic carbocycles. The zero-order chi connectivity index (χ0) is 17.1. The molecule has 1 saturated heterocycles. The molecule has 1 aliphatic rings. The molecule has 25 heavy (non-hydrogen) atoms. The summed E-state index contributed by atoms with van der Waals surface area (Å²) in [5.74, 6) is 1.09. The van der Waals surface area contributed by atoms with Gasteiger partial charge in [0.05, 0.1) is 0 Å². The largest absolute Gasteiger partial charge is 0.355 e. The van der Waals surface area contributed by atoms with Crippen molar-refractivity contribution >= 4 is 11.9 Å². The van der Waals surface area contributed by atoms with Crippen molar-refractivity contribution in [3.05, 3.63) is 54.7 Å². The first-order valence-corrected chi connectivity index (χ1v) is 7.99. The van der Waals surface area contributed by atoms with E-state index in [9.17, 15) is 4.79 Å². The molecular formula is C17H16N6O2. The van der Waals surface area contributed by atoms with Gasteiger partial charge in [-0.3, -0.25) is 9.78 Å². The molecule has 1 amide bonds. The minimum atomic E-state index is -0.132. The first-order chi connectivity index (χ1) is 12.3. The van der Waals surface area contributed by atoms with Crippen molar-refractivity contribution in [3.63, 3.8) is 0 Å². The van der Waals surface area contributed by atoms with Gasteiger partial charge in [0.15, 0.2) is 11.5 Å². The van der Waals surface area contributed by atoms with Crippen LogP contribution >= 0.6 is 0 Å². The Morgan fingerprint density at radius 2 is 1.84 bits per heavy atom. The highest BCUT2D eigenvalue weighted by molar-refractivity contribution is 5.93. The smallest absolute Gasteiger partial charge is 0.276 e.